The van der Waals surface area contributed by atoms with Gasteiger partial charge < -0.3 is 9.80 Å². The van der Waals surface area contributed by atoms with E-state index in [4.69, 9.17) is 0 Å². The molecule has 1 saturated heterocycles. The molecule has 3 rings (SSSR count). The topological polar surface area (TPSA) is 32.3 Å². The third-order valence-corrected chi connectivity index (χ3v) is 4.57. The summed E-state index contributed by atoms with van der Waals surface area (Å²) in [6.45, 7) is 8.18. The number of aryl methyl sites for hydroxylation is 1. The van der Waals surface area contributed by atoms with Crippen molar-refractivity contribution in [3.63, 3.8) is 0 Å². The van der Waals surface area contributed by atoms with E-state index >= 15 is 0 Å². The molecule has 98 valence electrons. The minimum absolute atomic E-state index is 0.977. The molecule has 0 amide bonds. The molecule has 1 aliphatic heterocycles. The van der Waals surface area contributed by atoms with E-state index in [1.54, 1.807) is 17.5 Å². The van der Waals surface area contributed by atoms with Crippen molar-refractivity contribution in [2.75, 3.05) is 25.0 Å². The lowest BCUT2D eigenvalue weighted by molar-refractivity contribution is 0.489. The van der Waals surface area contributed by atoms with E-state index in [9.17, 15) is 0 Å². The molecule has 0 spiro atoms. The molecule has 0 saturated carbocycles. The second-order valence-corrected chi connectivity index (χ2v) is 5.62. The highest BCUT2D eigenvalue weighted by Crippen LogP contribution is 2.37. The van der Waals surface area contributed by atoms with Crippen molar-refractivity contribution in [3.8, 4) is 10.6 Å². The van der Waals surface area contributed by atoms with Gasteiger partial charge in [0.05, 0.1) is 5.69 Å². The smallest absolute Gasteiger partial charge is 0.127 e. The molecular formula is C14H16N4S. The standard InChI is InChI=1S/C14H16N4S/c1-10-14(18-8-7-17(3)11(18)2)19-13(16-10)12-5-4-6-15-9-12/h4-6,9H,2,7-8H2,1,3H3. The second kappa shape index (κ2) is 4.66. The fraction of sp³-hybridized carbons (Fsp3) is 0.286. The van der Waals surface area contributed by atoms with E-state index in [1.165, 1.54) is 5.00 Å². The van der Waals surface area contributed by atoms with Gasteiger partial charge in [-0.2, -0.15) is 0 Å². The third kappa shape index (κ3) is 2.10. The Morgan fingerprint density at radius 1 is 1.37 bits per heavy atom. The van der Waals surface area contributed by atoms with E-state index in [1.807, 2.05) is 18.3 Å². The van der Waals surface area contributed by atoms with Crippen molar-refractivity contribution in [3.05, 3.63) is 42.6 Å². The highest BCUT2D eigenvalue weighted by Gasteiger charge is 2.25. The van der Waals surface area contributed by atoms with E-state index in [-0.39, 0.29) is 0 Å². The number of hydrogen-bond donors (Lipinski definition) is 0. The van der Waals surface area contributed by atoms with E-state index in [0.29, 0.717) is 0 Å². The summed E-state index contributed by atoms with van der Waals surface area (Å²) in [4.78, 5) is 13.2. The zero-order chi connectivity index (χ0) is 13.4. The molecule has 19 heavy (non-hydrogen) atoms. The number of anilines is 1. The highest BCUT2D eigenvalue weighted by molar-refractivity contribution is 7.19. The first-order valence-electron chi connectivity index (χ1n) is 6.22. The Labute approximate surface area is 117 Å². The Morgan fingerprint density at radius 2 is 2.21 bits per heavy atom. The van der Waals surface area contributed by atoms with E-state index < -0.39 is 0 Å². The zero-order valence-corrected chi connectivity index (χ0v) is 11.9. The molecule has 1 aliphatic rings. The predicted octanol–water partition coefficient (Wildman–Crippen LogP) is 2.74. The lowest BCUT2D eigenvalue weighted by Crippen LogP contribution is -2.18. The van der Waals surface area contributed by atoms with Crippen LogP contribution < -0.4 is 4.90 Å². The van der Waals surface area contributed by atoms with Crippen LogP contribution in [0.3, 0.4) is 0 Å². The largest absolute Gasteiger partial charge is 0.360 e. The molecule has 0 aromatic carbocycles. The monoisotopic (exact) mass is 272 g/mol. The van der Waals surface area contributed by atoms with Crippen LogP contribution in [0.1, 0.15) is 5.69 Å². The van der Waals surface area contributed by atoms with Crippen LogP contribution in [0.25, 0.3) is 10.6 Å². The van der Waals surface area contributed by atoms with Crippen LogP contribution in [0.2, 0.25) is 0 Å². The van der Waals surface area contributed by atoms with Crippen LogP contribution in [0.15, 0.2) is 36.9 Å². The number of aromatic nitrogens is 2. The Hall–Kier alpha value is -1.88. The number of hydrogen-bond acceptors (Lipinski definition) is 5. The van der Waals surface area contributed by atoms with Gasteiger partial charge in [0.25, 0.3) is 0 Å². The van der Waals surface area contributed by atoms with Gasteiger partial charge >= 0.3 is 0 Å². The highest BCUT2D eigenvalue weighted by atomic mass is 32.1. The van der Waals surface area contributed by atoms with Crippen LogP contribution in [0.5, 0.6) is 0 Å². The fourth-order valence-corrected chi connectivity index (χ4v) is 3.29. The maximum absolute atomic E-state index is 4.66. The quantitative estimate of drug-likeness (QED) is 0.841. The number of pyridine rings is 1. The minimum Gasteiger partial charge on any atom is -0.360 e. The summed E-state index contributed by atoms with van der Waals surface area (Å²) >= 11 is 1.70. The molecule has 3 heterocycles. The Morgan fingerprint density at radius 3 is 2.84 bits per heavy atom. The first-order chi connectivity index (χ1) is 9.16. The Balaban J connectivity index is 1.97. The first-order valence-corrected chi connectivity index (χ1v) is 7.04. The summed E-state index contributed by atoms with van der Waals surface area (Å²) < 4.78 is 0. The van der Waals surface area contributed by atoms with Gasteiger partial charge in [-0.15, -0.1) is 0 Å². The lowest BCUT2D eigenvalue weighted by atomic mass is 10.3. The van der Waals surface area contributed by atoms with Crippen LogP contribution in [0.4, 0.5) is 5.00 Å². The lowest BCUT2D eigenvalue weighted by Gasteiger charge is -2.19. The molecule has 5 heteroatoms. The maximum atomic E-state index is 4.66. The molecule has 2 aromatic rings. The maximum Gasteiger partial charge on any atom is 0.127 e. The molecule has 2 aromatic heterocycles. The molecule has 0 atom stereocenters. The molecule has 0 unspecified atom stereocenters. The van der Waals surface area contributed by atoms with Crippen molar-refractivity contribution >= 4 is 16.3 Å². The molecule has 4 nitrogen and oxygen atoms in total. The number of thiazole rings is 1. The molecule has 0 N–H and O–H groups in total. The SMILES string of the molecule is C=C1N(C)CCN1c1sc(-c2cccnc2)nc1C. The Kier molecular flexibility index (Phi) is 2.98. The van der Waals surface area contributed by atoms with Gasteiger partial charge in [0.1, 0.15) is 15.8 Å². The average Bonchev–Trinajstić information content (AvgIpc) is 2.96. The van der Waals surface area contributed by atoms with Gasteiger partial charge in [0.2, 0.25) is 0 Å². The van der Waals surface area contributed by atoms with E-state index in [0.717, 1.165) is 35.2 Å². The van der Waals surface area contributed by atoms with E-state index in [2.05, 4.69) is 40.3 Å². The second-order valence-electron chi connectivity index (χ2n) is 4.64. The van der Waals surface area contributed by atoms with Gasteiger partial charge in [0.15, 0.2) is 0 Å². The third-order valence-electron chi connectivity index (χ3n) is 3.34. The molecule has 1 fully saturated rings. The predicted molar refractivity (Wildman–Crippen MR) is 79.2 cm³/mol. The van der Waals surface area contributed by atoms with Crippen molar-refractivity contribution < 1.29 is 0 Å². The van der Waals surface area contributed by atoms with Crippen molar-refractivity contribution in [1.82, 2.24) is 14.9 Å². The summed E-state index contributed by atoms with van der Waals surface area (Å²) in [6.07, 6.45) is 3.63. The molecule has 0 aliphatic carbocycles. The van der Waals surface area contributed by atoms with Crippen LogP contribution in [-0.4, -0.2) is 35.0 Å². The average molecular weight is 272 g/mol. The van der Waals surface area contributed by atoms with Crippen molar-refractivity contribution in [2.24, 2.45) is 0 Å². The normalized spacial score (nSPS) is 15.4. The van der Waals surface area contributed by atoms with Crippen LogP contribution in [-0.2, 0) is 0 Å². The van der Waals surface area contributed by atoms with Crippen molar-refractivity contribution in [2.45, 2.75) is 6.92 Å². The van der Waals surface area contributed by atoms with Gasteiger partial charge in [-0.1, -0.05) is 17.9 Å². The van der Waals surface area contributed by atoms with Crippen LogP contribution in [0, 0.1) is 6.92 Å². The number of nitrogens with zero attached hydrogens (tertiary/aromatic N) is 4. The molecule has 0 bridgehead atoms. The fourth-order valence-electron chi connectivity index (χ4n) is 2.18. The van der Waals surface area contributed by atoms with Gasteiger partial charge in [0, 0.05) is 38.1 Å². The van der Waals surface area contributed by atoms with Crippen molar-refractivity contribution in [1.29, 1.82) is 0 Å². The van der Waals surface area contributed by atoms with Gasteiger partial charge in [-0.3, -0.25) is 4.98 Å². The zero-order valence-electron chi connectivity index (χ0n) is 11.1. The van der Waals surface area contributed by atoms with Gasteiger partial charge in [-0.25, -0.2) is 4.98 Å². The summed E-state index contributed by atoms with van der Waals surface area (Å²) in [7, 11) is 2.07. The number of likely N-dealkylation sites (N-methyl/N-ethyl adjacent to an activating group) is 1. The summed E-state index contributed by atoms with van der Waals surface area (Å²) in [6, 6.07) is 3.98. The van der Waals surface area contributed by atoms with Crippen LogP contribution >= 0.6 is 11.3 Å². The minimum atomic E-state index is 0.977. The summed E-state index contributed by atoms with van der Waals surface area (Å²) in [5, 5.41) is 2.20. The van der Waals surface area contributed by atoms with Gasteiger partial charge in [-0.05, 0) is 19.1 Å². The number of rotatable bonds is 2. The Bertz CT molecular complexity index is 605. The molecular weight excluding hydrogens is 256 g/mol. The first kappa shape index (κ1) is 12.2. The summed E-state index contributed by atoms with van der Waals surface area (Å²) in [5.41, 5.74) is 2.13. The molecule has 0 radical (unpaired) electrons. The summed E-state index contributed by atoms with van der Waals surface area (Å²) in [5.74, 6) is 1.05.